The van der Waals surface area contributed by atoms with E-state index in [1.165, 1.54) is 0 Å². The molecule has 0 saturated heterocycles. The molecule has 5 heteroatoms. The summed E-state index contributed by atoms with van der Waals surface area (Å²) in [6.07, 6.45) is 0. The Bertz CT molecular complexity index is 736. The van der Waals surface area contributed by atoms with Crippen LogP contribution in [0.3, 0.4) is 0 Å². The van der Waals surface area contributed by atoms with Gasteiger partial charge in [-0.3, -0.25) is 0 Å². The van der Waals surface area contributed by atoms with Crippen LogP contribution < -0.4 is 0 Å². The topological polar surface area (TPSA) is 46.5 Å². The van der Waals surface area contributed by atoms with Crippen LogP contribution in [-0.2, 0) is 13.1 Å². The minimum absolute atomic E-state index is 0.579. The Morgan fingerprint density at radius 3 is 1.25 bits per heavy atom. The molecule has 1 unspecified atom stereocenters. The zero-order valence-corrected chi connectivity index (χ0v) is 14.6. The zero-order chi connectivity index (χ0) is 17.0. The van der Waals surface area contributed by atoms with Gasteiger partial charge in [-0.2, -0.15) is 0 Å². The van der Waals surface area contributed by atoms with Crippen molar-refractivity contribution in [3.63, 3.8) is 0 Å². The molecule has 122 valence electrons. The van der Waals surface area contributed by atoms with Gasteiger partial charge in [0.05, 0.1) is 0 Å². The molecule has 0 aromatic heterocycles. The van der Waals surface area contributed by atoms with Crippen LogP contribution in [0.4, 0.5) is 3.47 Å². The Morgan fingerprint density at radius 2 is 1.00 bits per heavy atom. The van der Waals surface area contributed by atoms with Crippen LogP contribution >= 0.6 is 0 Å². The van der Waals surface area contributed by atoms with Gasteiger partial charge in [-0.05, 0) is 0 Å². The maximum absolute atomic E-state index is 13.9. The molecule has 0 bridgehead atoms. The summed E-state index contributed by atoms with van der Waals surface area (Å²) in [5.41, 5.74) is 0.240. The maximum atomic E-state index is 13.9. The molecule has 3 aromatic carbocycles. The molecule has 0 amide bonds. The van der Waals surface area contributed by atoms with Crippen molar-refractivity contribution in [2.75, 3.05) is 0 Å². The van der Waals surface area contributed by atoms with Gasteiger partial charge in [-0.15, -0.1) is 0 Å². The minimum atomic E-state index is -5.96. The molecule has 0 aliphatic carbocycles. The van der Waals surface area contributed by atoms with Gasteiger partial charge in [0, 0.05) is 0 Å². The fourth-order valence-electron chi connectivity index (χ4n) is 2.85. The predicted molar refractivity (Wildman–Crippen MR) is 90.1 cm³/mol. The van der Waals surface area contributed by atoms with Gasteiger partial charge in [0.25, 0.3) is 0 Å². The number of halogens is 1. The second-order valence-corrected chi connectivity index (χ2v) is 7.60. The summed E-state index contributed by atoms with van der Waals surface area (Å²) in [7, 11) is 0. The van der Waals surface area contributed by atoms with Crippen LogP contribution in [0, 0.1) is 0 Å². The Balaban J connectivity index is 2.35. The molecule has 0 saturated carbocycles. The van der Waals surface area contributed by atoms with E-state index < -0.39 is 20.2 Å². The normalized spacial score (nSPS) is 14.1. The van der Waals surface area contributed by atoms with Crippen LogP contribution in [0.1, 0.15) is 16.7 Å². The molecule has 0 aliphatic rings. The fraction of sp³-hybridized carbons (Fsp3) is 0.0526. The summed E-state index contributed by atoms with van der Waals surface area (Å²) in [5.74, 6) is 0. The van der Waals surface area contributed by atoms with Crippen molar-refractivity contribution >= 4 is 14.6 Å². The molecule has 3 rings (SSSR count). The molecule has 0 spiro atoms. The van der Waals surface area contributed by atoms with Crippen LogP contribution in [0.15, 0.2) is 91.0 Å². The van der Waals surface area contributed by atoms with E-state index in [1.807, 2.05) is 18.2 Å². The second kappa shape index (κ2) is 6.78. The molecule has 1 atom stereocenters. The number of hydrogen-bond donors (Lipinski definition) is 1. The first kappa shape index (κ1) is 16.7. The monoisotopic (exact) mass is 386 g/mol. The molecule has 1 N–H and O–H groups in total. The quantitative estimate of drug-likeness (QED) is 0.536. The molecule has 0 aliphatic heterocycles. The molecule has 3 aromatic rings. The van der Waals surface area contributed by atoms with Crippen molar-refractivity contribution in [1.82, 2.24) is 0 Å². The molecule has 0 heterocycles. The van der Waals surface area contributed by atoms with Crippen LogP contribution in [-0.4, -0.2) is 18.7 Å². The van der Waals surface area contributed by atoms with E-state index in [9.17, 15) is 11.3 Å². The predicted octanol–water partition coefficient (Wildman–Crippen LogP) is 3.82. The first-order chi connectivity index (χ1) is 11.5. The molecule has 24 heavy (non-hydrogen) atoms. The average molecular weight is 386 g/mol. The fourth-order valence-corrected chi connectivity index (χ4v) is 4.22. The standard InChI is InChI=1S/C19H16AsFO3/c21-20(22,23)24-19(16-10-4-1-5-11-16,17-12-6-2-7-13-17)18-14-8-3-9-15-18/h1-15H,(H,22,23). The van der Waals surface area contributed by atoms with E-state index in [4.69, 9.17) is 3.73 Å². The summed E-state index contributed by atoms with van der Waals surface area (Å²) in [5, 5.41) is 0. The molecular formula is C19H16AsFO3. The van der Waals surface area contributed by atoms with Gasteiger partial charge >= 0.3 is 143 Å². The summed E-state index contributed by atoms with van der Waals surface area (Å²) in [6, 6.07) is 26.7. The van der Waals surface area contributed by atoms with Gasteiger partial charge in [0.15, 0.2) is 0 Å². The summed E-state index contributed by atoms with van der Waals surface area (Å²) in [6.45, 7) is 0. The van der Waals surface area contributed by atoms with E-state index in [1.54, 1.807) is 72.8 Å². The van der Waals surface area contributed by atoms with Gasteiger partial charge < -0.3 is 0 Å². The summed E-state index contributed by atoms with van der Waals surface area (Å²) in [4.78, 5) is 0. The van der Waals surface area contributed by atoms with Crippen molar-refractivity contribution in [3.8, 4) is 0 Å². The van der Waals surface area contributed by atoms with E-state index in [0.717, 1.165) is 0 Å². The molecule has 3 nitrogen and oxygen atoms in total. The Labute approximate surface area is 143 Å². The molecule has 0 radical (unpaired) electrons. The third kappa shape index (κ3) is 3.36. The van der Waals surface area contributed by atoms with Crippen molar-refractivity contribution < 1.29 is 15.0 Å². The Hall–Kier alpha value is -2.13. The van der Waals surface area contributed by atoms with E-state index >= 15 is 0 Å². The van der Waals surface area contributed by atoms with E-state index in [0.29, 0.717) is 16.7 Å². The average Bonchev–Trinajstić information content (AvgIpc) is 2.61. The van der Waals surface area contributed by atoms with Crippen molar-refractivity contribution in [2.24, 2.45) is 0 Å². The molecule has 0 fully saturated rings. The van der Waals surface area contributed by atoms with E-state index in [2.05, 4.69) is 0 Å². The third-order valence-electron chi connectivity index (χ3n) is 3.79. The van der Waals surface area contributed by atoms with Gasteiger partial charge in [-0.25, -0.2) is 0 Å². The van der Waals surface area contributed by atoms with Gasteiger partial charge in [-0.1, -0.05) is 0 Å². The second-order valence-electron chi connectivity index (χ2n) is 5.32. The first-order valence-corrected chi connectivity index (χ1v) is 10.5. The van der Waals surface area contributed by atoms with Crippen molar-refractivity contribution in [3.05, 3.63) is 108 Å². The Kier molecular flexibility index (Phi) is 4.72. The van der Waals surface area contributed by atoms with Crippen LogP contribution in [0.25, 0.3) is 0 Å². The van der Waals surface area contributed by atoms with Crippen LogP contribution in [0.5, 0.6) is 0 Å². The van der Waals surface area contributed by atoms with Crippen molar-refractivity contribution in [2.45, 2.75) is 5.60 Å². The summed E-state index contributed by atoms with van der Waals surface area (Å²) >= 11 is -5.96. The number of rotatable bonds is 5. The number of hydrogen-bond acceptors (Lipinski definition) is 2. The van der Waals surface area contributed by atoms with Gasteiger partial charge in [0.1, 0.15) is 0 Å². The third-order valence-corrected chi connectivity index (χ3v) is 4.84. The summed E-state index contributed by atoms with van der Waals surface area (Å²) < 4.78 is 40.3. The Morgan fingerprint density at radius 1 is 0.708 bits per heavy atom. The SMILES string of the molecule is O=[As](O)(F)OC(c1ccccc1)(c1ccccc1)c1ccccc1. The van der Waals surface area contributed by atoms with Gasteiger partial charge in [0.2, 0.25) is 0 Å². The van der Waals surface area contributed by atoms with E-state index in [-0.39, 0.29) is 0 Å². The number of benzene rings is 3. The van der Waals surface area contributed by atoms with Crippen molar-refractivity contribution in [1.29, 1.82) is 0 Å². The molecular weight excluding hydrogens is 370 g/mol. The zero-order valence-electron chi connectivity index (χ0n) is 12.7. The van der Waals surface area contributed by atoms with Crippen LogP contribution in [0.2, 0.25) is 0 Å². The first-order valence-electron chi connectivity index (χ1n) is 7.42.